The predicted octanol–water partition coefficient (Wildman–Crippen LogP) is 2.85. The van der Waals surface area contributed by atoms with Crippen LogP contribution in [0.1, 0.15) is 32.1 Å². The van der Waals surface area contributed by atoms with Gasteiger partial charge in [0.1, 0.15) is 18.5 Å². The molecule has 3 unspecified atom stereocenters. The molecule has 2 saturated heterocycles. The number of aliphatic hydroxyl groups excluding tert-OH is 1. The lowest BCUT2D eigenvalue weighted by Crippen LogP contribution is -2.43. The van der Waals surface area contributed by atoms with Gasteiger partial charge in [-0.25, -0.2) is 0 Å². The number of nitro benzene ring substituents is 1. The lowest BCUT2D eigenvalue weighted by molar-refractivity contribution is -0.384. The van der Waals surface area contributed by atoms with Crippen LogP contribution in [0, 0.1) is 27.9 Å². The molecule has 1 N–H and O–H groups in total. The van der Waals surface area contributed by atoms with Crippen molar-refractivity contribution in [3.63, 3.8) is 0 Å². The molecule has 4 fully saturated rings. The van der Waals surface area contributed by atoms with E-state index in [1.165, 1.54) is 44.2 Å². The Morgan fingerprint density at radius 2 is 1.92 bits per heavy atom. The van der Waals surface area contributed by atoms with Crippen molar-refractivity contribution in [2.75, 3.05) is 19.7 Å². The van der Waals surface area contributed by atoms with Gasteiger partial charge in [-0.05, 0) is 55.9 Å². The first-order chi connectivity index (χ1) is 12.1. The molecule has 3 atom stereocenters. The summed E-state index contributed by atoms with van der Waals surface area (Å²) in [5.41, 5.74) is 0.00697. The quantitative estimate of drug-likeness (QED) is 0.633. The van der Waals surface area contributed by atoms with Gasteiger partial charge in [0.05, 0.1) is 11.0 Å². The molecular weight excluding hydrogens is 320 g/mol. The summed E-state index contributed by atoms with van der Waals surface area (Å²) >= 11 is 0. The molecule has 136 valence electrons. The molecule has 6 nitrogen and oxygen atoms in total. The van der Waals surface area contributed by atoms with Crippen molar-refractivity contribution < 1.29 is 14.8 Å². The second-order valence-corrected chi connectivity index (χ2v) is 8.10. The summed E-state index contributed by atoms with van der Waals surface area (Å²) in [6.45, 7) is 1.91. The van der Waals surface area contributed by atoms with Crippen molar-refractivity contribution in [1.82, 2.24) is 4.90 Å². The van der Waals surface area contributed by atoms with Crippen molar-refractivity contribution in [1.29, 1.82) is 0 Å². The number of ether oxygens (including phenoxy) is 1. The van der Waals surface area contributed by atoms with Crippen LogP contribution >= 0.6 is 0 Å². The number of hydrogen-bond acceptors (Lipinski definition) is 5. The molecule has 0 spiro atoms. The minimum atomic E-state index is -0.574. The molecular formula is C19H26N2O4. The lowest BCUT2D eigenvalue weighted by Gasteiger charge is -2.39. The summed E-state index contributed by atoms with van der Waals surface area (Å²) in [7, 11) is 0. The second-order valence-electron chi connectivity index (χ2n) is 8.10. The van der Waals surface area contributed by atoms with Gasteiger partial charge < -0.3 is 9.84 Å². The number of benzene rings is 1. The Bertz CT molecular complexity index is 624. The Labute approximate surface area is 147 Å². The van der Waals surface area contributed by atoms with Gasteiger partial charge >= 0.3 is 0 Å². The van der Waals surface area contributed by atoms with Crippen molar-refractivity contribution in [3.05, 3.63) is 34.4 Å². The molecule has 1 aromatic rings. The zero-order valence-electron chi connectivity index (χ0n) is 14.4. The maximum Gasteiger partial charge on any atom is 0.273 e. The van der Waals surface area contributed by atoms with E-state index in [1.807, 2.05) is 0 Å². The van der Waals surface area contributed by atoms with Crippen LogP contribution in [-0.2, 0) is 0 Å². The minimum absolute atomic E-state index is 0.00697. The number of non-ortho nitro benzene ring substituents is 1. The van der Waals surface area contributed by atoms with Crippen LogP contribution in [-0.4, -0.2) is 46.8 Å². The molecule has 2 saturated carbocycles. The van der Waals surface area contributed by atoms with Gasteiger partial charge in [0, 0.05) is 25.2 Å². The molecule has 2 aliphatic heterocycles. The third kappa shape index (κ3) is 3.80. The number of rotatable bonds is 6. The Balaban J connectivity index is 1.32. The Morgan fingerprint density at radius 3 is 2.64 bits per heavy atom. The molecule has 2 aliphatic carbocycles. The van der Waals surface area contributed by atoms with E-state index in [0.717, 1.165) is 24.3 Å². The van der Waals surface area contributed by atoms with E-state index in [-0.39, 0.29) is 12.3 Å². The van der Waals surface area contributed by atoms with E-state index in [2.05, 4.69) is 4.90 Å². The second kappa shape index (κ2) is 6.92. The normalized spacial score (nSPS) is 32.4. The van der Waals surface area contributed by atoms with E-state index in [0.29, 0.717) is 18.3 Å². The average Bonchev–Trinajstić information content (AvgIpc) is 2.76. The van der Waals surface area contributed by atoms with Crippen LogP contribution in [0.3, 0.4) is 0 Å². The van der Waals surface area contributed by atoms with Crippen LogP contribution in [0.5, 0.6) is 5.75 Å². The fraction of sp³-hybridized carbons (Fsp3) is 0.684. The number of nitro groups is 1. The smallest absolute Gasteiger partial charge is 0.273 e. The first-order valence-corrected chi connectivity index (χ1v) is 9.36. The molecule has 2 heterocycles. The van der Waals surface area contributed by atoms with Crippen molar-refractivity contribution in [2.24, 2.45) is 17.8 Å². The molecule has 1 aromatic carbocycles. The Hall–Kier alpha value is -1.66. The van der Waals surface area contributed by atoms with Crippen LogP contribution in [0.2, 0.25) is 0 Å². The first kappa shape index (κ1) is 16.8. The molecule has 5 rings (SSSR count). The maximum atomic E-state index is 10.8. The highest BCUT2D eigenvalue weighted by Crippen LogP contribution is 2.47. The summed E-state index contributed by atoms with van der Waals surface area (Å²) in [6, 6.07) is 6.74. The van der Waals surface area contributed by atoms with Gasteiger partial charge in [0.15, 0.2) is 0 Å². The Kier molecular flexibility index (Phi) is 4.65. The monoisotopic (exact) mass is 346 g/mol. The highest BCUT2D eigenvalue weighted by atomic mass is 16.6. The van der Waals surface area contributed by atoms with Gasteiger partial charge in [-0.1, -0.05) is 6.07 Å². The van der Waals surface area contributed by atoms with E-state index in [9.17, 15) is 15.2 Å². The average molecular weight is 346 g/mol. The van der Waals surface area contributed by atoms with Crippen molar-refractivity contribution in [3.8, 4) is 5.75 Å². The van der Waals surface area contributed by atoms with Gasteiger partial charge in [-0.3, -0.25) is 15.0 Å². The van der Waals surface area contributed by atoms with E-state index < -0.39 is 11.0 Å². The zero-order chi connectivity index (χ0) is 17.4. The minimum Gasteiger partial charge on any atom is -0.491 e. The molecule has 0 amide bonds. The van der Waals surface area contributed by atoms with Gasteiger partial charge in [-0.2, -0.15) is 0 Å². The largest absolute Gasteiger partial charge is 0.491 e. The lowest BCUT2D eigenvalue weighted by atomic mass is 9.68. The highest BCUT2D eigenvalue weighted by molar-refractivity contribution is 5.37. The maximum absolute atomic E-state index is 10.8. The van der Waals surface area contributed by atoms with E-state index in [4.69, 9.17) is 4.74 Å². The Morgan fingerprint density at radius 1 is 1.20 bits per heavy atom. The van der Waals surface area contributed by atoms with Crippen LogP contribution < -0.4 is 4.74 Å². The fourth-order valence-corrected chi connectivity index (χ4v) is 5.31. The molecule has 25 heavy (non-hydrogen) atoms. The number of hydrogen-bond donors (Lipinski definition) is 1. The summed E-state index contributed by atoms with van der Waals surface area (Å²) < 4.78 is 5.59. The summed E-state index contributed by atoms with van der Waals surface area (Å²) in [5, 5.41) is 21.2. The molecule has 6 heteroatoms. The third-order valence-corrected chi connectivity index (χ3v) is 6.14. The van der Waals surface area contributed by atoms with Crippen LogP contribution in [0.25, 0.3) is 0 Å². The van der Waals surface area contributed by atoms with Gasteiger partial charge in [-0.15, -0.1) is 0 Å². The van der Waals surface area contributed by atoms with Gasteiger partial charge in [0.2, 0.25) is 0 Å². The summed E-state index contributed by atoms with van der Waals surface area (Å²) in [4.78, 5) is 12.9. The third-order valence-electron chi connectivity index (χ3n) is 6.14. The molecule has 0 radical (unpaired) electrons. The molecule has 4 bridgehead atoms. The van der Waals surface area contributed by atoms with Crippen molar-refractivity contribution in [2.45, 2.75) is 44.2 Å². The number of fused-ring (bicyclic) bond motifs is 1. The molecule has 0 aromatic heterocycles. The zero-order valence-corrected chi connectivity index (χ0v) is 14.4. The van der Waals surface area contributed by atoms with Crippen molar-refractivity contribution >= 4 is 5.69 Å². The predicted molar refractivity (Wildman–Crippen MR) is 93.5 cm³/mol. The first-order valence-electron chi connectivity index (χ1n) is 9.36. The molecule has 4 aliphatic rings. The number of aliphatic hydroxyl groups is 1. The SMILES string of the molecule is O=[N+]([O-])c1cccc(OCC(O)CN2CC3CC4CC(C3)CC2C4)c1. The topological polar surface area (TPSA) is 75.8 Å². The van der Waals surface area contributed by atoms with E-state index in [1.54, 1.807) is 12.1 Å². The summed E-state index contributed by atoms with van der Waals surface area (Å²) in [6.07, 6.45) is 6.14. The summed E-state index contributed by atoms with van der Waals surface area (Å²) in [5.74, 6) is 3.02. The van der Waals surface area contributed by atoms with Gasteiger partial charge in [0.25, 0.3) is 5.69 Å². The van der Waals surface area contributed by atoms with E-state index >= 15 is 0 Å². The fourth-order valence-electron chi connectivity index (χ4n) is 5.31. The van der Waals surface area contributed by atoms with Crippen LogP contribution in [0.4, 0.5) is 5.69 Å². The highest BCUT2D eigenvalue weighted by Gasteiger charge is 2.42. The van der Waals surface area contributed by atoms with Crippen LogP contribution in [0.15, 0.2) is 24.3 Å². The standard InChI is InChI=1S/C19H26N2O4/c22-18(12-25-19-3-1-2-16(9-19)21(23)24)11-20-10-15-5-13-4-14(6-15)8-17(20)7-13/h1-3,9,13-15,17-18,22H,4-8,10-12H2. The number of nitrogens with zero attached hydrogens (tertiary/aromatic N) is 2.